The van der Waals surface area contributed by atoms with Crippen molar-refractivity contribution >= 4 is 11.2 Å². The van der Waals surface area contributed by atoms with E-state index in [0.717, 1.165) is 22.3 Å². The Morgan fingerprint density at radius 2 is 0.517 bits per heavy atom. The molecule has 6 aromatic carbocycles. The van der Waals surface area contributed by atoms with Crippen molar-refractivity contribution in [2.24, 2.45) is 0 Å². The van der Waals surface area contributed by atoms with E-state index in [4.69, 9.17) is 47.4 Å². The van der Waals surface area contributed by atoms with Crippen molar-refractivity contribution in [3.63, 3.8) is 0 Å². The van der Waals surface area contributed by atoms with Crippen molar-refractivity contribution in [3.8, 4) is 102 Å². The topological polar surface area (TPSA) is 115 Å². The fourth-order valence-electron chi connectivity index (χ4n) is 6.87. The molecule has 0 bridgehead atoms. The van der Waals surface area contributed by atoms with Crippen molar-refractivity contribution in [3.05, 3.63) is 97.1 Å². The fourth-order valence-corrected chi connectivity index (χ4v) is 8.04. The van der Waals surface area contributed by atoms with Crippen molar-refractivity contribution in [2.45, 2.75) is 9.79 Å². The second-order valence-corrected chi connectivity index (χ2v) is 14.1. The summed E-state index contributed by atoms with van der Waals surface area (Å²) in [5, 5.41) is 0. The van der Waals surface area contributed by atoms with Crippen LogP contribution in [0.4, 0.5) is 0 Å². The third-order valence-corrected chi connectivity index (χ3v) is 11.1. The summed E-state index contributed by atoms with van der Waals surface area (Å²) >= 11 is -1.79. The van der Waals surface area contributed by atoms with E-state index in [0.29, 0.717) is 89.5 Å². The second kappa shape index (κ2) is 18.3. The Morgan fingerprint density at radius 1 is 0.293 bits per heavy atom. The van der Waals surface area contributed by atoms with Crippen LogP contribution in [-0.4, -0.2) is 75.7 Å². The van der Waals surface area contributed by atoms with Crippen LogP contribution < -0.4 is 47.4 Å². The Balaban J connectivity index is 1.65. The molecule has 58 heavy (non-hydrogen) atoms. The molecule has 0 aliphatic heterocycles. The van der Waals surface area contributed by atoms with Crippen LogP contribution in [0, 0.1) is 0 Å². The Morgan fingerprint density at radius 3 is 0.707 bits per heavy atom. The summed E-state index contributed by atoms with van der Waals surface area (Å²) in [4.78, 5) is 0.995. The third-order valence-electron chi connectivity index (χ3n) is 9.74. The molecule has 0 amide bonds. The highest BCUT2D eigenvalue weighted by molar-refractivity contribution is 7.91. The van der Waals surface area contributed by atoms with Crippen molar-refractivity contribution in [2.75, 3.05) is 71.1 Å². The summed E-state index contributed by atoms with van der Waals surface area (Å²) in [6.45, 7) is 0. The maximum atomic E-state index is 15.3. The van der Waals surface area contributed by atoms with Gasteiger partial charge in [0.15, 0.2) is 55.8 Å². The summed E-state index contributed by atoms with van der Waals surface area (Å²) in [7, 11) is 15.9. The van der Waals surface area contributed by atoms with Crippen LogP contribution in [0.1, 0.15) is 0 Å². The third kappa shape index (κ3) is 7.93. The first-order valence-corrected chi connectivity index (χ1v) is 19.1. The lowest BCUT2D eigenvalue weighted by Gasteiger charge is -2.21. The maximum Gasteiger partial charge on any atom is 0.161 e. The van der Waals surface area contributed by atoms with Gasteiger partial charge in [0.2, 0.25) is 0 Å². The molecule has 0 unspecified atom stereocenters. The van der Waals surface area contributed by atoms with Gasteiger partial charge in [0, 0.05) is 57.7 Å². The number of benzene rings is 6. The van der Waals surface area contributed by atoms with Crippen LogP contribution >= 0.6 is 0 Å². The summed E-state index contributed by atoms with van der Waals surface area (Å²) in [6, 6.07) is 29.8. The monoisotopic (exact) mass is 806 g/mol. The lowest BCUT2D eigenvalue weighted by molar-refractivity contribution is 0.355. The van der Waals surface area contributed by atoms with Crippen LogP contribution in [0.15, 0.2) is 107 Å². The molecule has 302 valence electrons. The first-order valence-electron chi connectivity index (χ1n) is 18.0. The first kappa shape index (κ1) is 41.3. The van der Waals surface area contributed by atoms with E-state index in [1.54, 1.807) is 71.1 Å². The molecule has 0 aliphatic rings. The predicted molar refractivity (Wildman–Crippen MR) is 225 cm³/mol. The molecular weight excluding hydrogens is 761 g/mol. The number of rotatable bonds is 16. The van der Waals surface area contributed by atoms with Crippen LogP contribution in [0.5, 0.6) is 57.5 Å². The van der Waals surface area contributed by atoms with Gasteiger partial charge in [-0.15, -0.1) is 0 Å². The quantitative estimate of drug-likeness (QED) is 0.0871. The van der Waals surface area contributed by atoms with Gasteiger partial charge in [-0.3, -0.25) is 0 Å². The zero-order chi connectivity index (χ0) is 41.5. The minimum atomic E-state index is -1.79. The van der Waals surface area contributed by atoms with Gasteiger partial charge in [0.05, 0.1) is 71.1 Å². The van der Waals surface area contributed by atoms with Crippen LogP contribution in [-0.2, 0) is 11.2 Å². The zero-order valence-electron chi connectivity index (χ0n) is 34.1. The average molecular weight is 807 g/mol. The van der Waals surface area contributed by atoms with Crippen molar-refractivity contribution in [1.29, 1.82) is 0 Å². The molecule has 0 radical (unpaired) electrons. The SMILES string of the molecule is COc1ccc(-c2cc([S+]([O-])c3cc(-c4ccc(OC)c(OC)c4)c(OC)c(-c4ccc(OC)c(OC)c4)c3)cc(-c3ccc(OC)c(OC)c3)c2OC)cc1OC. The van der Waals surface area contributed by atoms with Gasteiger partial charge >= 0.3 is 0 Å². The van der Waals surface area contributed by atoms with Gasteiger partial charge in [-0.1, -0.05) is 24.3 Å². The van der Waals surface area contributed by atoms with Gasteiger partial charge in [0.25, 0.3) is 0 Å². The van der Waals surface area contributed by atoms with Gasteiger partial charge in [-0.05, 0) is 70.8 Å². The van der Waals surface area contributed by atoms with Gasteiger partial charge in [0.1, 0.15) is 11.5 Å². The Labute approximate surface area is 342 Å². The van der Waals surface area contributed by atoms with Crippen LogP contribution in [0.3, 0.4) is 0 Å². The molecule has 0 fully saturated rings. The van der Waals surface area contributed by atoms with Gasteiger partial charge in [-0.25, -0.2) is 0 Å². The Bertz CT molecular complexity index is 2090. The molecule has 0 aromatic heterocycles. The second-order valence-electron chi connectivity index (χ2n) is 12.7. The molecule has 0 atom stereocenters. The van der Waals surface area contributed by atoms with E-state index in [1.807, 2.05) is 97.1 Å². The molecule has 6 aromatic rings. The standard InChI is InChI=1S/C46H46O11S/c1-48-37-15-11-27(19-41(37)52-5)33-23-31(24-34(45(33)56-9)28-12-16-38(49-2)42(20-28)53-6)58(47)32-25-35(29-13-17-39(50-3)43(21-29)54-7)46(57-10)36(26-32)30-14-18-40(51-4)44(22-30)55-8/h11-26H,1-10H3. The van der Waals surface area contributed by atoms with Gasteiger partial charge < -0.3 is 51.9 Å². The molecule has 6 rings (SSSR count). The van der Waals surface area contributed by atoms with E-state index in [1.165, 1.54) is 0 Å². The van der Waals surface area contributed by atoms with E-state index >= 15 is 4.55 Å². The highest BCUT2D eigenvalue weighted by Crippen LogP contribution is 2.48. The molecule has 0 N–H and O–H groups in total. The van der Waals surface area contributed by atoms with Gasteiger partial charge in [-0.2, -0.15) is 0 Å². The lowest BCUT2D eigenvalue weighted by Crippen LogP contribution is -2.06. The zero-order valence-corrected chi connectivity index (χ0v) is 35.0. The Hall–Kier alpha value is -6.37. The summed E-state index contributed by atoms with van der Waals surface area (Å²) in [6.07, 6.45) is 0. The van der Waals surface area contributed by atoms with Crippen LogP contribution in [0.25, 0.3) is 44.5 Å². The molecule has 0 heterocycles. The molecule has 11 nitrogen and oxygen atoms in total. The molecule has 0 aliphatic carbocycles. The molecule has 0 saturated carbocycles. The number of hydrogen-bond donors (Lipinski definition) is 0. The normalized spacial score (nSPS) is 10.8. The maximum absolute atomic E-state index is 15.3. The fraction of sp³-hybridized carbons (Fsp3) is 0.217. The van der Waals surface area contributed by atoms with Crippen molar-refractivity contribution < 1.29 is 51.9 Å². The molecular formula is C46H46O11S. The highest BCUT2D eigenvalue weighted by Gasteiger charge is 2.27. The van der Waals surface area contributed by atoms with Crippen molar-refractivity contribution in [1.82, 2.24) is 0 Å². The molecule has 0 saturated heterocycles. The van der Waals surface area contributed by atoms with E-state index in [9.17, 15) is 0 Å². The molecule has 12 heteroatoms. The smallest absolute Gasteiger partial charge is 0.161 e. The first-order chi connectivity index (χ1) is 28.2. The predicted octanol–water partition coefficient (Wildman–Crippen LogP) is 9.61. The summed E-state index contributed by atoms with van der Waals surface area (Å²) < 4.78 is 72.5. The van der Waals surface area contributed by atoms with Crippen LogP contribution in [0.2, 0.25) is 0 Å². The lowest BCUT2D eigenvalue weighted by atomic mass is 9.96. The number of methoxy groups -OCH3 is 10. The Kier molecular flexibility index (Phi) is 13.0. The number of ether oxygens (including phenoxy) is 10. The summed E-state index contributed by atoms with van der Waals surface area (Å²) in [5.74, 6) is 5.45. The minimum absolute atomic E-state index is 0.497. The minimum Gasteiger partial charge on any atom is -0.606 e. The van der Waals surface area contributed by atoms with E-state index in [-0.39, 0.29) is 0 Å². The largest absolute Gasteiger partial charge is 0.606 e. The summed E-state index contributed by atoms with van der Waals surface area (Å²) in [5.41, 5.74) is 5.70. The highest BCUT2D eigenvalue weighted by atomic mass is 32.2. The van der Waals surface area contributed by atoms with E-state index < -0.39 is 11.2 Å². The number of hydrogen-bond acceptors (Lipinski definition) is 11. The average Bonchev–Trinajstić information content (AvgIpc) is 3.29. The van der Waals surface area contributed by atoms with E-state index in [2.05, 4.69) is 0 Å². The molecule has 0 spiro atoms.